The van der Waals surface area contributed by atoms with Crippen LogP contribution in [0.25, 0.3) is 0 Å². The molecule has 0 N–H and O–H groups in total. The van der Waals surface area contributed by atoms with Crippen LogP contribution in [-0.4, -0.2) is 64.6 Å². The highest BCUT2D eigenvalue weighted by molar-refractivity contribution is 7.92. The van der Waals surface area contributed by atoms with Crippen molar-refractivity contribution in [2.75, 3.05) is 43.8 Å². The smallest absolute Gasteiger partial charge is 0.309 e. The first-order chi connectivity index (χ1) is 16.8. The molecule has 0 unspecified atom stereocenters. The second-order valence-corrected chi connectivity index (χ2v) is 10.1. The number of anilines is 1. The van der Waals surface area contributed by atoms with Crippen molar-refractivity contribution in [2.24, 2.45) is 5.92 Å². The molecule has 2 aromatic rings. The third-order valence-electron chi connectivity index (χ3n) is 5.96. The lowest BCUT2D eigenvalue weighted by atomic mass is 9.97. The number of hydrogen-bond acceptors (Lipinski definition) is 7. The second kappa shape index (κ2) is 10.5. The van der Waals surface area contributed by atoms with Gasteiger partial charge in [0.05, 0.1) is 23.1 Å². The van der Waals surface area contributed by atoms with Crippen LogP contribution in [0.3, 0.4) is 0 Å². The molecule has 4 rings (SSSR count). The number of hydrogen-bond donors (Lipinski definition) is 0. The van der Waals surface area contributed by atoms with Crippen LogP contribution in [0.1, 0.15) is 19.8 Å². The number of carbonyl (C=O) groups excluding carboxylic acids is 2. The lowest BCUT2D eigenvalue weighted by Crippen LogP contribution is -2.46. The topological polar surface area (TPSA) is 102 Å². The van der Waals surface area contributed by atoms with Gasteiger partial charge >= 0.3 is 5.97 Å². The van der Waals surface area contributed by atoms with Crippen molar-refractivity contribution in [1.29, 1.82) is 0 Å². The lowest BCUT2D eigenvalue weighted by Gasteiger charge is -2.33. The highest BCUT2D eigenvalue weighted by Gasteiger charge is 2.33. The van der Waals surface area contributed by atoms with Crippen LogP contribution in [-0.2, 0) is 24.3 Å². The number of likely N-dealkylation sites (tertiary alicyclic amines) is 1. The summed E-state index contributed by atoms with van der Waals surface area (Å²) in [5.41, 5.74) is 0.149. The molecular weight excluding hydrogens is 479 g/mol. The molecule has 2 aliphatic heterocycles. The first kappa shape index (κ1) is 24.8. The van der Waals surface area contributed by atoms with Crippen molar-refractivity contribution in [3.63, 3.8) is 0 Å². The average molecular weight is 507 g/mol. The summed E-state index contributed by atoms with van der Waals surface area (Å²) in [6.07, 6.45) is 0.881. The summed E-state index contributed by atoms with van der Waals surface area (Å²) in [5.74, 6) is -0.786. The minimum absolute atomic E-state index is 0.0834. The Morgan fingerprint density at radius 2 is 1.71 bits per heavy atom. The molecule has 1 fully saturated rings. The normalized spacial score (nSPS) is 16.0. The molecule has 0 aliphatic carbocycles. The van der Waals surface area contributed by atoms with Gasteiger partial charge in [-0.15, -0.1) is 0 Å². The van der Waals surface area contributed by atoms with E-state index in [4.69, 9.17) is 14.2 Å². The summed E-state index contributed by atoms with van der Waals surface area (Å²) in [7, 11) is -4.21. The summed E-state index contributed by atoms with van der Waals surface area (Å²) in [4.78, 5) is 26.6. The maximum Gasteiger partial charge on any atom is 0.309 e. The van der Waals surface area contributed by atoms with E-state index >= 15 is 0 Å². The Bertz CT molecular complexity index is 1180. The molecular formula is C24H27FN2O7S. The molecule has 1 saturated heterocycles. The van der Waals surface area contributed by atoms with Crippen LogP contribution >= 0.6 is 0 Å². The molecule has 35 heavy (non-hydrogen) atoms. The Balaban J connectivity index is 1.56. The van der Waals surface area contributed by atoms with Gasteiger partial charge in [-0.05, 0) is 56.2 Å². The summed E-state index contributed by atoms with van der Waals surface area (Å²) in [6, 6.07) is 9.14. The van der Waals surface area contributed by atoms with Crippen LogP contribution in [0.2, 0.25) is 0 Å². The van der Waals surface area contributed by atoms with Crippen molar-refractivity contribution in [2.45, 2.75) is 24.7 Å². The quantitative estimate of drug-likeness (QED) is 0.532. The van der Waals surface area contributed by atoms with Gasteiger partial charge in [-0.2, -0.15) is 0 Å². The van der Waals surface area contributed by atoms with Gasteiger partial charge in [0, 0.05) is 19.2 Å². The standard InChI is InChI=1S/C24H27FN2O7S/c1-2-32-24(29)17-9-11-26(12-10-17)23(28)16-27(19-5-3-18(25)4-6-19)35(30,31)20-7-8-21-22(15-20)34-14-13-33-21/h3-8,15,17H,2,9-14,16H2,1H3. The minimum atomic E-state index is -4.21. The zero-order chi connectivity index (χ0) is 25.0. The Morgan fingerprint density at radius 3 is 2.37 bits per heavy atom. The van der Waals surface area contributed by atoms with Crippen LogP contribution in [0.4, 0.5) is 10.1 Å². The fourth-order valence-corrected chi connectivity index (χ4v) is 5.51. The number of benzene rings is 2. The van der Waals surface area contributed by atoms with E-state index < -0.39 is 28.3 Å². The van der Waals surface area contributed by atoms with Gasteiger partial charge in [0.15, 0.2) is 11.5 Å². The summed E-state index contributed by atoms with van der Waals surface area (Å²) in [6.45, 7) is 2.82. The third-order valence-corrected chi connectivity index (χ3v) is 7.73. The van der Waals surface area contributed by atoms with E-state index in [0.717, 1.165) is 16.4 Å². The van der Waals surface area contributed by atoms with E-state index in [2.05, 4.69) is 0 Å². The zero-order valence-corrected chi connectivity index (χ0v) is 20.1. The highest BCUT2D eigenvalue weighted by Crippen LogP contribution is 2.34. The number of esters is 1. The molecule has 0 bridgehead atoms. The molecule has 0 aromatic heterocycles. The highest BCUT2D eigenvalue weighted by atomic mass is 32.2. The molecule has 0 spiro atoms. The minimum Gasteiger partial charge on any atom is -0.486 e. The van der Waals surface area contributed by atoms with Gasteiger partial charge in [0.1, 0.15) is 25.6 Å². The molecule has 0 radical (unpaired) electrons. The zero-order valence-electron chi connectivity index (χ0n) is 19.3. The van der Waals surface area contributed by atoms with E-state index in [0.29, 0.717) is 57.3 Å². The van der Waals surface area contributed by atoms with Crippen molar-refractivity contribution >= 4 is 27.6 Å². The Kier molecular flexibility index (Phi) is 7.44. The molecule has 2 aromatic carbocycles. The molecule has 0 atom stereocenters. The van der Waals surface area contributed by atoms with Crippen molar-refractivity contribution in [1.82, 2.24) is 4.90 Å². The van der Waals surface area contributed by atoms with Crippen LogP contribution in [0.5, 0.6) is 11.5 Å². The molecule has 9 nitrogen and oxygen atoms in total. The summed E-state index contributed by atoms with van der Waals surface area (Å²) >= 11 is 0. The van der Waals surface area contributed by atoms with Crippen molar-refractivity contribution in [3.8, 4) is 11.5 Å². The molecule has 11 heteroatoms. The molecule has 188 valence electrons. The number of piperidine rings is 1. The SMILES string of the molecule is CCOC(=O)C1CCN(C(=O)CN(c2ccc(F)cc2)S(=O)(=O)c2ccc3c(c2)OCCO3)CC1. The number of fused-ring (bicyclic) bond motifs is 1. The number of sulfonamides is 1. The monoisotopic (exact) mass is 506 g/mol. The van der Waals surface area contributed by atoms with Crippen LogP contribution < -0.4 is 13.8 Å². The fourth-order valence-electron chi connectivity index (χ4n) is 4.08. The molecule has 0 saturated carbocycles. The summed E-state index contributed by atoms with van der Waals surface area (Å²) < 4.78 is 57.8. The maximum atomic E-state index is 13.6. The number of amides is 1. The Labute approximate surface area is 203 Å². The first-order valence-corrected chi connectivity index (χ1v) is 12.9. The number of carbonyl (C=O) groups is 2. The van der Waals surface area contributed by atoms with E-state index in [1.165, 1.54) is 35.2 Å². The van der Waals surface area contributed by atoms with E-state index in [-0.39, 0.29) is 22.5 Å². The van der Waals surface area contributed by atoms with Crippen molar-refractivity contribution in [3.05, 3.63) is 48.3 Å². The largest absolute Gasteiger partial charge is 0.486 e. The van der Waals surface area contributed by atoms with Gasteiger partial charge in [0.2, 0.25) is 5.91 Å². The molecule has 2 aliphatic rings. The van der Waals surface area contributed by atoms with Gasteiger partial charge in [-0.25, -0.2) is 12.8 Å². The molecule has 1 amide bonds. The van der Waals surface area contributed by atoms with Gasteiger partial charge < -0.3 is 19.1 Å². The lowest BCUT2D eigenvalue weighted by molar-refractivity contribution is -0.151. The van der Waals surface area contributed by atoms with Gasteiger partial charge in [-0.3, -0.25) is 13.9 Å². The Hall–Kier alpha value is -3.34. The number of rotatable bonds is 7. The van der Waals surface area contributed by atoms with Gasteiger partial charge in [0.25, 0.3) is 10.0 Å². The Morgan fingerprint density at radius 1 is 1.06 bits per heavy atom. The average Bonchev–Trinajstić information content (AvgIpc) is 2.87. The molecule has 2 heterocycles. The van der Waals surface area contributed by atoms with E-state index in [1.807, 2.05) is 0 Å². The van der Waals surface area contributed by atoms with Crippen molar-refractivity contribution < 1.29 is 36.6 Å². The van der Waals surface area contributed by atoms with Crippen LogP contribution in [0, 0.1) is 11.7 Å². The fraction of sp³-hybridized carbons (Fsp3) is 0.417. The van der Waals surface area contributed by atoms with Gasteiger partial charge in [-0.1, -0.05) is 0 Å². The predicted molar refractivity (Wildman–Crippen MR) is 124 cm³/mol. The first-order valence-electron chi connectivity index (χ1n) is 11.4. The number of nitrogens with zero attached hydrogens (tertiary/aromatic N) is 2. The maximum absolute atomic E-state index is 13.6. The second-order valence-electron chi connectivity index (χ2n) is 8.20. The number of ether oxygens (including phenoxy) is 3. The predicted octanol–water partition coefficient (Wildman–Crippen LogP) is 2.59. The number of halogens is 1. The van der Waals surface area contributed by atoms with E-state index in [9.17, 15) is 22.4 Å². The van der Waals surface area contributed by atoms with E-state index in [1.54, 1.807) is 6.92 Å². The van der Waals surface area contributed by atoms with Crippen LogP contribution in [0.15, 0.2) is 47.4 Å². The third kappa shape index (κ3) is 5.50. The summed E-state index contributed by atoms with van der Waals surface area (Å²) in [5, 5.41) is 0.